The lowest BCUT2D eigenvalue weighted by Crippen LogP contribution is -2.39. The van der Waals surface area contributed by atoms with Crippen LogP contribution in [0.15, 0.2) is 0 Å². The summed E-state index contributed by atoms with van der Waals surface area (Å²) >= 11 is 0. The third kappa shape index (κ3) is 2.61. The van der Waals surface area contributed by atoms with Crippen LogP contribution in [0.3, 0.4) is 0 Å². The molecule has 1 atom stereocenters. The Kier molecular flexibility index (Phi) is 3.81. The lowest BCUT2D eigenvalue weighted by Gasteiger charge is -2.33. The topological polar surface area (TPSA) is 83.2 Å². The van der Waals surface area contributed by atoms with E-state index in [1.165, 1.54) is 19.3 Å². The zero-order valence-corrected chi connectivity index (χ0v) is 11.2. The molecule has 1 unspecified atom stereocenters. The SMILES string of the molecule is CC1CCCCN1c1nc(NN)nc(N(C)C)n1. The van der Waals surface area contributed by atoms with Crippen LogP contribution in [0.4, 0.5) is 17.8 Å². The Hall–Kier alpha value is -1.63. The summed E-state index contributed by atoms with van der Waals surface area (Å²) in [7, 11) is 3.80. The van der Waals surface area contributed by atoms with Crippen molar-refractivity contribution in [1.29, 1.82) is 0 Å². The number of anilines is 3. The largest absolute Gasteiger partial charge is 0.347 e. The van der Waals surface area contributed by atoms with E-state index in [-0.39, 0.29) is 0 Å². The van der Waals surface area contributed by atoms with Crippen molar-refractivity contribution in [2.24, 2.45) is 5.84 Å². The molecule has 7 nitrogen and oxygen atoms in total. The maximum Gasteiger partial charge on any atom is 0.243 e. The predicted octanol–water partition coefficient (Wildman–Crippen LogP) is 0.602. The van der Waals surface area contributed by atoms with Gasteiger partial charge in [-0.3, -0.25) is 5.43 Å². The van der Waals surface area contributed by atoms with Gasteiger partial charge in [-0.25, -0.2) is 5.84 Å². The summed E-state index contributed by atoms with van der Waals surface area (Å²) in [6, 6.07) is 0.460. The second-order valence-corrected chi connectivity index (χ2v) is 4.84. The molecule has 1 aromatic heterocycles. The third-order valence-electron chi connectivity index (χ3n) is 3.20. The third-order valence-corrected chi connectivity index (χ3v) is 3.20. The van der Waals surface area contributed by atoms with Crippen LogP contribution in [0.2, 0.25) is 0 Å². The van der Waals surface area contributed by atoms with E-state index in [1.807, 2.05) is 19.0 Å². The summed E-state index contributed by atoms with van der Waals surface area (Å²) in [4.78, 5) is 17.1. The summed E-state index contributed by atoms with van der Waals surface area (Å²) in [6.45, 7) is 3.19. The van der Waals surface area contributed by atoms with Crippen molar-refractivity contribution in [1.82, 2.24) is 15.0 Å². The van der Waals surface area contributed by atoms with E-state index < -0.39 is 0 Å². The predicted molar refractivity (Wildman–Crippen MR) is 72.6 cm³/mol. The molecule has 18 heavy (non-hydrogen) atoms. The first-order valence-corrected chi connectivity index (χ1v) is 6.28. The van der Waals surface area contributed by atoms with Gasteiger partial charge in [-0.05, 0) is 26.2 Å². The van der Waals surface area contributed by atoms with Crippen LogP contribution < -0.4 is 21.1 Å². The number of piperidine rings is 1. The summed E-state index contributed by atoms with van der Waals surface area (Å²) in [5.41, 5.74) is 2.50. The number of hydrazine groups is 1. The van der Waals surface area contributed by atoms with E-state index in [9.17, 15) is 0 Å². The summed E-state index contributed by atoms with van der Waals surface area (Å²) < 4.78 is 0. The van der Waals surface area contributed by atoms with Gasteiger partial charge in [0, 0.05) is 26.7 Å². The van der Waals surface area contributed by atoms with Crippen LogP contribution in [-0.4, -0.2) is 41.6 Å². The summed E-state index contributed by atoms with van der Waals surface area (Å²) in [5.74, 6) is 7.14. The van der Waals surface area contributed by atoms with Gasteiger partial charge in [0.1, 0.15) is 0 Å². The van der Waals surface area contributed by atoms with Gasteiger partial charge in [0.15, 0.2) is 0 Å². The standard InChI is InChI=1S/C11H21N7/c1-8-6-4-5-7-18(8)11-14-9(16-12)13-10(15-11)17(2)3/h8H,4-7,12H2,1-3H3,(H,13,14,15,16). The number of rotatable bonds is 3. The fourth-order valence-corrected chi connectivity index (χ4v) is 2.14. The molecule has 3 N–H and O–H groups in total. The van der Waals surface area contributed by atoms with Crippen molar-refractivity contribution in [2.75, 3.05) is 35.9 Å². The minimum atomic E-state index is 0.404. The molecule has 1 saturated heterocycles. The van der Waals surface area contributed by atoms with Gasteiger partial charge in [0.25, 0.3) is 0 Å². The van der Waals surface area contributed by atoms with E-state index in [2.05, 4.69) is 32.2 Å². The highest BCUT2D eigenvalue weighted by atomic mass is 15.4. The van der Waals surface area contributed by atoms with E-state index >= 15 is 0 Å². The lowest BCUT2D eigenvalue weighted by molar-refractivity contribution is 0.476. The van der Waals surface area contributed by atoms with Crippen LogP contribution in [-0.2, 0) is 0 Å². The van der Waals surface area contributed by atoms with Gasteiger partial charge >= 0.3 is 0 Å². The highest BCUT2D eigenvalue weighted by Gasteiger charge is 2.22. The minimum absolute atomic E-state index is 0.404. The van der Waals surface area contributed by atoms with Gasteiger partial charge in [-0.2, -0.15) is 15.0 Å². The van der Waals surface area contributed by atoms with Crippen molar-refractivity contribution >= 4 is 17.8 Å². The average Bonchev–Trinajstić information content (AvgIpc) is 2.38. The zero-order valence-electron chi connectivity index (χ0n) is 11.2. The molecule has 0 aliphatic carbocycles. The van der Waals surface area contributed by atoms with Gasteiger partial charge in [0.05, 0.1) is 0 Å². The van der Waals surface area contributed by atoms with Crippen LogP contribution in [0.25, 0.3) is 0 Å². The van der Waals surface area contributed by atoms with Crippen molar-refractivity contribution in [3.8, 4) is 0 Å². The molecule has 1 aromatic rings. The number of hydrogen-bond donors (Lipinski definition) is 2. The first kappa shape index (κ1) is 12.8. The van der Waals surface area contributed by atoms with Gasteiger partial charge in [-0.1, -0.05) is 0 Å². The number of nitrogens with two attached hydrogens (primary N) is 1. The van der Waals surface area contributed by atoms with Crippen LogP contribution in [0, 0.1) is 0 Å². The molecule has 2 rings (SSSR count). The lowest BCUT2D eigenvalue weighted by atomic mass is 10.0. The fourth-order valence-electron chi connectivity index (χ4n) is 2.14. The first-order chi connectivity index (χ1) is 8.61. The number of hydrogen-bond acceptors (Lipinski definition) is 7. The van der Waals surface area contributed by atoms with Crippen molar-refractivity contribution in [2.45, 2.75) is 32.2 Å². The molecule has 7 heteroatoms. The molecular formula is C11H21N7. The Morgan fingerprint density at radius 3 is 2.67 bits per heavy atom. The monoisotopic (exact) mass is 251 g/mol. The average molecular weight is 251 g/mol. The Morgan fingerprint density at radius 1 is 1.28 bits per heavy atom. The maximum atomic E-state index is 5.41. The number of aromatic nitrogens is 3. The van der Waals surface area contributed by atoms with E-state index in [1.54, 1.807) is 0 Å². The van der Waals surface area contributed by atoms with Gasteiger partial charge < -0.3 is 9.80 Å². The second-order valence-electron chi connectivity index (χ2n) is 4.84. The molecule has 0 aromatic carbocycles. The maximum absolute atomic E-state index is 5.41. The molecule has 0 spiro atoms. The Bertz CT molecular complexity index is 406. The second kappa shape index (κ2) is 5.34. The molecule has 1 fully saturated rings. The first-order valence-electron chi connectivity index (χ1n) is 6.28. The summed E-state index contributed by atoms with van der Waals surface area (Å²) in [6.07, 6.45) is 3.62. The smallest absolute Gasteiger partial charge is 0.243 e. The van der Waals surface area contributed by atoms with Crippen LogP contribution in [0.1, 0.15) is 26.2 Å². The number of nitrogens with one attached hydrogen (secondary N) is 1. The molecule has 0 radical (unpaired) electrons. The fraction of sp³-hybridized carbons (Fsp3) is 0.727. The van der Waals surface area contributed by atoms with E-state index in [0.29, 0.717) is 23.9 Å². The van der Waals surface area contributed by atoms with Gasteiger partial charge in [0.2, 0.25) is 17.8 Å². The quantitative estimate of drug-likeness (QED) is 0.601. The minimum Gasteiger partial charge on any atom is -0.347 e. The molecule has 0 bridgehead atoms. The Morgan fingerprint density at radius 2 is 2.06 bits per heavy atom. The highest BCUT2D eigenvalue weighted by Crippen LogP contribution is 2.23. The molecule has 0 amide bonds. The highest BCUT2D eigenvalue weighted by molar-refractivity contribution is 5.44. The zero-order chi connectivity index (χ0) is 13.1. The number of nitrogen functional groups attached to an aromatic ring is 1. The summed E-state index contributed by atoms with van der Waals surface area (Å²) in [5, 5.41) is 0. The van der Waals surface area contributed by atoms with Gasteiger partial charge in [-0.15, -0.1) is 0 Å². The van der Waals surface area contributed by atoms with Crippen molar-refractivity contribution in [3.63, 3.8) is 0 Å². The molecular weight excluding hydrogens is 230 g/mol. The Balaban J connectivity index is 2.33. The molecule has 1 aliphatic rings. The normalized spacial score (nSPS) is 19.8. The van der Waals surface area contributed by atoms with Crippen molar-refractivity contribution < 1.29 is 0 Å². The van der Waals surface area contributed by atoms with E-state index in [4.69, 9.17) is 5.84 Å². The number of nitrogens with zero attached hydrogens (tertiary/aromatic N) is 5. The molecule has 1 aliphatic heterocycles. The van der Waals surface area contributed by atoms with Crippen LogP contribution in [0.5, 0.6) is 0 Å². The Labute approximate surface area is 107 Å². The molecule has 100 valence electrons. The van der Waals surface area contributed by atoms with Crippen molar-refractivity contribution in [3.05, 3.63) is 0 Å². The molecule has 0 saturated carbocycles. The molecule has 2 heterocycles. The van der Waals surface area contributed by atoms with Crippen LogP contribution >= 0.6 is 0 Å². The van der Waals surface area contributed by atoms with E-state index in [0.717, 1.165) is 6.54 Å².